The highest BCUT2D eigenvalue weighted by Crippen LogP contribution is 2.32. The summed E-state index contributed by atoms with van der Waals surface area (Å²) in [5, 5.41) is 0. The third kappa shape index (κ3) is 4.89. The molecule has 0 spiro atoms. The van der Waals surface area contributed by atoms with Crippen LogP contribution in [0.15, 0.2) is 23.1 Å². The van der Waals surface area contributed by atoms with Crippen LogP contribution in [-0.2, 0) is 25.7 Å². The van der Waals surface area contributed by atoms with Crippen molar-refractivity contribution >= 4 is 22.1 Å². The summed E-state index contributed by atoms with van der Waals surface area (Å²) in [5.74, 6) is -1.10. The minimum Gasteiger partial charge on any atom is -0.465 e. The number of amides is 1. The van der Waals surface area contributed by atoms with Gasteiger partial charge in [0.05, 0.1) is 35.8 Å². The minimum atomic E-state index is -4.86. The van der Waals surface area contributed by atoms with Crippen LogP contribution in [0.3, 0.4) is 0 Å². The largest absolute Gasteiger partial charge is 0.465 e. The van der Waals surface area contributed by atoms with E-state index in [2.05, 4.69) is 9.46 Å². The number of carbonyl (C=O) groups excluding carboxylic acids is 2. The number of esters is 1. The van der Waals surface area contributed by atoms with Gasteiger partial charge in [-0.1, -0.05) is 0 Å². The first-order valence-corrected chi connectivity index (χ1v) is 9.21. The minimum absolute atomic E-state index is 0.0148. The average Bonchev–Trinajstić information content (AvgIpc) is 2.56. The molecule has 0 saturated carbocycles. The molecule has 1 aromatic rings. The number of benzene rings is 1. The van der Waals surface area contributed by atoms with E-state index in [-0.39, 0.29) is 19.7 Å². The highest BCUT2D eigenvalue weighted by Gasteiger charge is 2.37. The van der Waals surface area contributed by atoms with Crippen LogP contribution in [0.1, 0.15) is 22.8 Å². The van der Waals surface area contributed by atoms with Crippen molar-refractivity contribution in [2.75, 3.05) is 26.8 Å². The second kappa shape index (κ2) is 7.72. The molecule has 0 unspecified atom stereocenters. The SMILES string of the molecule is CCOC(=O)N1CC(NS(=O)(=O)c2cc(C(=O)OC)cc(C(F)(F)F)c2)C1. The number of hydrogen-bond donors (Lipinski definition) is 1. The van der Waals surface area contributed by atoms with Crippen LogP contribution in [0.5, 0.6) is 0 Å². The van der Waals surface area contributed by atoms with Gasteiger partial charge in [0.25, 0.3) is 0 Å². The lowest BCUT2D eigenvalue weighted by Crippen LogP contribution is -2.60. The van der Waals surface area contributed by atoms with Crippen LogP contribution in [0.2, 0.25) is 0 Å². The molecule has 1 heterocycles. The lowest BCUT2D eigenvalue weighted by atomic mass is 10.1. The molecule has 0 atom stereocenters. The van der Waals surface area contributed by atoms with Crippen LogP contribution in [0.4, 0.5) is 18.0 Å². The van der Waals surface area contributed by atoms with E-state index >= 15 is 0 Å². The Kier molecular flexibility index (Phi) is 6.00. The van der Waals surface area contributed by atoms with Crippen LogP contribution in [0, 0.1) is 0 Å². The lowest BCUT2D eigenvalue weighted by Gasteiger charge is -2.38. The van der Waals surface area contributed by atoms with Gasteiger partial charge in [-0.2, -0.15) is 13.2 Å². The first-order valence-electron chi connectivity index (χ1n) is 7.72. The number of halogens is 3. The Morgan fingerprint density at radius 3 is 2.41 bits per heavy atom. The molecule has 2 rings (SSSR count). The van der Waals surface area contributed by atoms with E-state index in [1.165, 1.54) is 4.90 Å². The molecule has 1 saturated heterocycles. The van der Waals surface area contributed by atoms with Crippen molar-refractivity contribution in [3.05, 3.63) is 29.3 Å². The van der Waals surface area contributed by atoms with E-state index in [9.17, 15) is 31.2 Å². The van der Waals surface area contributed by atoms with Gasteiger partial charge in [-0.15, -0.1) is 0 Å². The molecule has 12 heteroatoms. The number of sulfonamides is 1. The molecule has 1 amide bonds. The zero-order valence-corrected chi connectivity index (χ0v) is 15.2. The van der Waals surface area contributed by atoms with E-state index in [1.807, 2.05) is 0 Å². The zero-order valence-electron chi connectivity index (χ0n) is 14.4. The maximum atomic E-state index is 13.0. The molecule has 1 fully saturated rings. The monoisotopic (exact) mass is 410 g/mol. The second-order valence-electron chi connectivity index (χ2n) is 5.66. The Labute approximate surface area is 153 Å². The maximum absolute atomic E-state index is 13.0. The summed E-state index contributed by atoms with van der Waals surface area (Å²) in [7, 11) is -3.40. The molecule has 1 aromatic carbocycles. The fourth-order valence-corrected chi connectivity index (χ4v) is 3.65. The van der Waals surface area contributed by atoms with Crippen molar-refractivity contribution in [3.8, 4) is 0 Å². The lowest BCUT2D eigenvalue weighted by molar-refractivity contribution is -0.137. The van der Waals surface area contributed by atoms with Gasteiger partial charge in [-0.05, 0) is 25.1 Å². The standard InChI is InChI=1S/C15H17F3N2O6S/c1-3-26-14(22)20-7-11(8-20)19-27(23,24)12-5-9(13(21)25-2)4-10(6-12)15(16,17)18/h4-6,11,19H,3,7-8H2,1-2H3. The van der Waals surface area contributed by atoms with E-state index in [0.717, 1.165) is 13.2 Å². The van der Waals surface area contributed by atoms with Gasteiger partial charge < -0.3 is 14.4 Å². The molecule has 0 radical (unpaired) electrons. The van der Waals surface area contributed by atoms with Crippen molar-refractivity contribution in [2.45, 2.75) is 24.0 Å². The second-order valence-corrected chi connectivity index (χ2v) is 7.37. The predicted octanol–water partition coefficient (Wildman–Crippen LogP) is 1.61. The van der Waals surface area contributed by atoms with E-state index < -0.39 is 50.3 Å². The van der Waals surface area contributed by atoms with Crippen molar-refractivity contribution < 1.29 is 40.7 Å². The van der Waals surface area contributed by atoms with Gasteiger partial charge >= 0.3 is 18.2 Å². The average molecular weight is 410 g/mol. The molecular formula is C15H17F3N2O6S. The third-order valence-electron chi connectivity index (χ3n) is 3.69. The number of alkyl halides is 3. The van der Waals surface area contributed by atoms with Gasteiger partial charge in [0.2, 0.25) is 10.0 Å². The van der Waals surface area contributed by atoms with E-state index in [1.54, 1.807) is 6.92 Å². The maximum Gasteiger partial charge on any atom is 0.416 e. The molecule has 0 aliphatic carbocycles. The highest BCUT2D eigenvalue weighted by atomic mass is 32.2. The topological polar surface area (TPSA) is 102 Å². The van der Waals surface area contributed by atoms with Crippen molar-refractivity contribution in [2.24, 2.45) is 0 Å². The van der Waals surface area contributed by atoms with Gasteiger partial charge in [0.1, 0.15) is 0 Å². The summed E-state index contributed by atoms with van der Waals surface area (Å²) in [5.41, 5.74) is -1.85. The van der Waals surface area contributed by atoms with Crippen LogP contribution in [0.25, 0.3) is 0 Å². The Balaban J connectivity index is 2.23. The first kappa shape index (κ1) is 21.0. The van der Waals surface area contributed by atoms with Gasteiger partial charge in [0.15, 0.2) is 0 Å². The normalized spacial score (nSPS) is 15.2. The van der Waals surface area contributed by atoms with Crippen molar-refractivity contribution in [3.63, 3.8) is 0 Å². The number of nitrogens with zero attached hydrogens (tertiary/aromatic N) is 1. The van der Waals surface area contributed by atoms with Gasteiger partial charge in [0, 0.05) is 13.1 Å². The molecule has 8 nitrogen and oxygen atoms in total. The molecular weight excluding hydrogens is 393 g/mol. The summed E-state index contributed by atoms with van der Waals surface area (Å²) in [6.45, 7) is 1.80. The fourth-order valence-electron chi connectivity index (χ4n) is 2.36. The number of likely N-dealkylation sites (tertiary alicyclic amines) is 1. The summed E-state index contributed by atoms with van der Waals surface area (Å²) in [6.07, 6.45) is -5.47. The smallest absolute Gasteiger partial charge is 0.416 e. The first-order chi connectivity index (χ1) is 12.5. The molecule has 1 aliphatic heterocycles. The molecule has 150 valence electrons. The van der Waals surface area contributed by atoms with E-state index in [4.69, 9.17) is 4.74 Å². The summed E-state index contributed by atoms with van der Waals surface area (Å²) in [4.78, 5) is 23.6. The molecule has 1 N–H and O–H groups in total. The number of rotatable bonds is 5. The van der Waals surface area contributed by atoms with Crippen molar-refractivity contribution in [1.29, 1.82) is 0 Å². The zero-order chi connectivity index (χ0) is 20.4. The van der Waals surface area contributed by atoms with Gasteiger partial charge in [-0.3, -0.25) is 0 Å². The highest BCUT2D eigenvalue weighted by molar-refractivity contribution is 7.89. The Morgan fingerprint density at radius 2 is 1.89 bits per heavy atom. The molecule has 1 aliphatic rings. The molecule has 0 aromatic heterocycles. The summed E-state index contributed by atoms with van der Waals surface area (Å²) < 4.78 is 75.2. The fraction of sp³-hybridized carbons (Fsp3) is 0.467. The van der Waals surface area contributed by atoms with Crippen LogP contribution < -0.4 is 4.72 Å². The van der Waals surface area contributed by atoms with Crippen LogP contribution in [-0.4, -0.2) is 58.2 Å². The summed E-state index contributed by atoms with van der Waals surface area (Å²) >= 11 is 0. The predicted molar refractivity (Wildman–Crippen MR) is 85.5 cm³/mol. The Bertz CT molecular complexity index is 834. The third-order valence-corrected chi connectivity index (χ3v) is 5.19. The summed E-state index contributed by atoms with van der Waals surface area (Å²) in [6, 6.07) is 1.05. The number of methoxy groups -OCH3 is 1. The number of nitrogens with one attached hydrogen (secondary N) is 1. The molecule has 27 heavy (non-hydrogen) atoms. The van der Waals surface area contributed by atoms with Crippen molar-refractivity contribution in [1.82, 2.24) is 9.62 Å². The number of carbonyl (C=O) groups is 2. The van der Waals surface area contributed by atoms with Gasteiger partial charge in [-0.25, -0.2) is 22.7 Å². The Morgan fingerprint density at radius 1 is 1.26 bits per heavy atom. The number of ether oxygens (including phenoxy) is 2. The van der Waals surface area contributed by atoms with E-state index in [0.29, 0.717) is 12.1 Å². The Hall–Kier alpha value is -2.34. The number of hydrogen-bond acceptors (Lipinski definition) is 6. The molecule has 0 bridgehead atoms. The van der Waals surface area contributed by atoms with Crippen LogP contribution >= 0.6 is 0 Å². The quantitative estimate of drug-likeness (QED) is 0.740.